The summed E-state index contributed by atoms with van der Waals surface area (Å²) in [5.74, 6) is -1.40. The summed E-state index contributed by atoms with van der Waals surface area (Å²) >= 11 is 0. The number of nitrogens with two attached hydrogens (primary N) is 1. The standard InChI is InChI=1S/C17H28N8O11P2.Na/c18-15-12-16(21-8-20-15)25(9-22-12)17-14(34-6-5-33-4-3-32-2-1-23-24-19)13(26)11(36-17)7-35-38(30,31)10-37(27,28)29;/h8-9,11,13-14,17,26H,1-7,10H2,(H,30,31)(H2,18,20,21)(H2,27,28,29);/q;+1/p-1. The van der Waals surface area contributed by atoms with Crippen molar-refractivity contribution in [2.45, 2.75) is 24.5 Å². The molecule has 0 aliphatic carbocycles. The molecule has 5 N–H and O–H groups in total. The number of rotatable bonds is 16. The second-order valence-electron chi connectivity index (χ2n) is 7.87. The Balaban J connectivity index is 0.00000533. The third-order valence-corrected chi connectivity index (χ3v) is 8.49. The largest absolute Gasteiger partial charge is 1.00 e. The van der Waals surface area contributed by atoms with E-state index in [0.29, 0.717) is 0 Å². The van der Waals surface area contributed by atoms with Gasteiger partial charge in [-0.05, 0) is 5.53 Å². The van der Waals surface area contributed by atoms with E-state index < -0.39 is 52.2 Å². The van der Waals surface area contributed by atoms with Gasteiger partial charge in [-0.1, -0.05) is 5.11 Å². The molecule has 6 atom stereocenters. The first-order chi connectivity index (χ1) is 18.0. The second kappa shape index (κ2) is 15.7. The number of nitrogen functional groups attached to an aromatic ring is 1. The van der Waals surface area contributed by atoms with E-state index >= 15 is 0 Å². The zero-order chi connectivity index (χ0) is 27.8. The molecule has 19 nitrogen and oxygen atoms in total. The Bertz CT molecular complexity index is 1210. The van der Waals surface area contributed by atoms with Gasteiger partial charge in [0.15, 0.2) is 17.7 Å². The van der Waals surface area contributed by atoms with Gasteiger partial charge in [0.2, 0.25) is 0 Å². The Labute approximate surface area is 243 Å². The quantitative estimate of drug-likeness (QED) is 0.0356. The van der Waals surface area contributed by atoms with E-state index in [9.17, 15) is 24.0 Å². The van der Waals surface area contributed by atoms with Gasteiger partial charge in [-0.25, -0.2) is 15.0 Å². The predicted molar refractivity (Wildman–Crippen MR) is 126 cm³/mol. The molecule has 1 saturated heterocycles. The predicted octanol–water partition coefficient (Wildman–Crippen LogP) is -3.90. The van der Waals surface area contributed by atoms with Crippen LogP contribution in [-0.4, -0.2) is 105 Å². The van der Waals surface area contributed by atoms with Crippen LogP contribution in [0.15, 0.2) is 17.8 Å². The van der Waals surface area contributed by atoms with Gasteiger partial charge in [0.1, 0.15) is 43.7 Å². The molecule has 1 fully saturated rings. The summed E-state index contributed by atoms with van der Waals surface area (Å²) in [4.78, 5) is 44.3. The van der Waals surface area contributed by atoms with Crippen LogP contribution in [0.25, 0.3) is 21.6 Å². The number of nitrogens with zero attached hydrogens (tertiary/aromatic N) is 7. The van der Waals surface area contributed by atoms with E-state index in [2.05, 4.69) is 25.0 Å². The molecule has 6 unspecified atom stereocenters. The normalized spacial score (nSPS) is 24.0. The molecule has 2 aromatic rings. The fourth-order valence-corrected chi connectivity index (χ4v) is 6.00. The molecule has 0 bridgehead atoms. The first kappa shape index (κ1) is 34.0. The van der Waals surface area contributed by atoms with Crippen LogP contribution in [0.3, 0.4) is 0 Å². The molecule has 3 rings (SSSR count). The summed E-state index contributed by atoms with van der Waals surface area (Å²) in [5, 5.41) is 14.2. The number of aliphatic hydroxyl groups excluding tert-OH is 1. The van der Waals surface area contributed by atoms with E-state index in [1.165, 1.54) is 17.2 Å². The Morgan fingerprint density at radius 3 is 2.56 bits per heavy atom. The van der Waals surface area contributed by atoms with Gasteiger partial charge in [-0.15, -0.1) is 0 Å². The maximum absolute atomic E-state index is 12.0. The third kappa shape index (κ3) is 10.3. The SMILES string of the molecule is [N-]=[N+]=NCCOCCOCCOC1C(O)C(COP(=O)(O)CP(=O)([O-])O)OC1n1cnc2c(N)ncnc21.[Na+]. The average molecular weight is 604 g/mol. The molecule has 0 saturated carbocycles. The van der Waals surface area contributed by atoms with Gasteiger partial charge < -0.3 is 53.6 Å². The molecule has 0 radical (unpaired) electrons. The number of azide groups is 1. The Morgan fingerprint density at radius 1 is 1.18 bits per heavy atom. The number of hydrogen-bond acceptors (Lipinski definition) is 14. The first-order valence-electron chi connectivity index (χ1n) is 11.1. The number of aromatic nitrogens is 4. The van der Waals surface area contributed by atoms with Crippen LogP contribution >= 0.6 is 15.2 Å². The Hall–Kier alpha value is -1.24. The van der Waals surface area contributed by atoms with Crippen molar-refractivity contribution in [2.75, 3.05) is 57.8 Å². The minimum Gasteiger partial charge on any atom is -0.778 e. The van der Waals surface area contributed by atoms with Crippen LogP contribution in [0.4, 0.5) is 5.82 Å². The van der Waals surface area contributed by atoms with Gasteiger partial charge in [0.05, 0.1) is 46.0 Å². The van der Waals surface area contributed by atoms with E-state index in [0.717, 1.165) is 0 Å². The van der Waals surface area contributed by atoms with Crippen LogP contribution in [0.1, 0.15) is 6.23 Å². The van der Waals surface area contributed by atoms with E-state index in [4.69, 9.17) is 39.6 Å². The molecule has 2 aromatic heterocycles. The van der Waals surface area contributed by atoms with Crippen LogP contribution in [0.2, 0.25) is 0 Å². The molecule has 0 amide bonds. The van der Waals surface area contributed by atoms with Crippen LogP contribution < -0.4 is 40.2 Å². The number of ether oxygens (including phenoxy) is 4. The summed E-state index contributed by atoms with van der Waals surface area (Å²) in [7, 11) is -9.84. The van der Waals surface area contributed by atoms with Crippen molar-refractivity contribution in [3.63, 3.8) is 0 Å². The zero-order valence-corrected chi connectivity index (χ0v) is 24.6. The Morgan fingerprint density at radius 2 is 1.87 bits per heavy atom. The van der Waals surface area contributed by atoms with Crippen molar-refractivity contribution >= 4 is 32.2 Å². The summed E-state index contributed by atoms with van der Waals surface area (Å²) in [5.41, 5.74) is 14.6. The first-order valence-corrected chi connectivity index (χ1v) is 14.6. The fraction of sp³-hybridized carbons (Fsp3) is 0.706. The fourth-order valence-electron chi connectivity index (χ4n) is 3.49. The number of hydrogen-bond donors (Lipinski definition) is 4. The minimum atomic E-state index is -5.09. The van der Waals surface area contributed by atoms with Gasteiger partial charge in [0.25, 0.3) is 0 Å². The Kier molecular flexibility index (Phi) is 13.7. The molecular weight excluding hydrogens is 577 g/mol. The summed E-state index contributed by atoms with van der Waals surface area (Å²) in [6, 6.07) is 0. The van der Waals surface area contributed by atoms with E-state index in [-0.39, 0.29) is 86.1 Å². The van der Waals surface area contributed by atoms with Gasteiger partial charge >= 0.3 is 37.2 Å². The van der Waals surface area contributed by atoms with Gasteiger partial charge in [-0.2, -0.15) is 0 Å². The van der Waals surface area contributed by atoms with Crippen molar-refractivity contribution < 1.29 is 81.9 Å². The average Bonchev–Trinajstić information content (AvgIpc) is 3.39. The number of anilines is 1. The van der Waals surface area contributed by atoms with Crippen molar-refractivity contribution in [3.8, 4) is 0 Å². The van der Waals surface area contributed by atoms with E-state index in [1.54, 1.807) is 0 Å². The zero-order valence-electron chi connectivity index (χ0n) is 20.8. The molecule has 1 aliphatic heterocycles. The number of imidazole rings is 1. The molecule has 212 valence electrons. The van der Waals surface area contributed by atoms with Crippen molar-refractivity contribution in [3.05, 3.63) is 23.1 Å². The molecule has 1 aliphatic rings. The monoisotopic (exact) mass is 604 g/mol. The van der Waals surface area contributed by atoms with E-state index in [1.807, 2.05) is 0 Å². The topological polar surface area (TPSA) is 282 Å². The molecule has 39 heavy (non-hydrogen) atoms. The molecule has 0 spiro atoms. The van der Waals surface area contributed by atoms with Crippen molar-refractivity contribution in [1.29, 1.82) is 0 Å². The van der Waals surface area contributed by atoms with Gasteiger partial charge in [0, 0.05) is 11.5 Å². The van der Waals surface area contributed by atoms with Gasteiger partial charge in [-0.3, -0.25) is 9.13 Å². The number of aliphatic hydroxyl groups is 1. The van der Waals surface area contributed by atoms with Crippen LogP contribution in [0, 0.1) is 0 Å². The minimum absolute atomic E-state index is 0. The molecular formula is C17H27N8NaO11P2. The molecule has 0 aromatic carbocycles. The summed E-state index contributed by atoms with van der Waals surface area (Å²) < 4.78 is 51.5. The van der Waals surface area contributed by atoms with Crippen LogP contribution in [-0.2, 0) is 32.6 Å². The third-order valence-electron chi connectivity index (χ3n) is 5.08. The second-order valence-corrected chi connectivity index (χ2v) is 11.8. The smallest absolute Gasteiger partial charge is 0.778 e. The summed E-state index contributed by atoms with van der Waals surface area (Å²) in [6.45, 7) is 0.347. The number of fused-ring (bicyclic) bond motifs is 1. The maximum Gasteiger partial charge on any atom is 1.00 e. The summed E-state index contributed by atoms with van der Waals surface area (Å²) in [6.07, 6.45) is -2.22. The van der Waals surface area contributed by atoms with Crippen molar-refractivity contribution in [2.24, 2.45) is 5.11 Å². The van der Waals surface area contributed by atoms with Crippen molar-refractivity contribution in [1.82, 2.24) is 19.5 Å². The maximum atomic E-state index is 12.0. The van der Waals surface area contributed by atoms with Crippen LogP contribution in [0.5, 0.6) is 0 Å². The molecule has 3 heterocycles. The molecule has 22 heteroatoms.